The molecule has 5 heteroatoms. The number of hydrogen-bond donors (Lipinski definition) is 2. The molecule has 0 aromatic rings. The summed E-state index contributed by atoms with van der Waals surface area (Å²) >= 11 is 0. The van der Waals surface area contributed by atoms with Crippen LogP contribution >= 0.6 is 7.82 Å². The van der Waals surface area contributed by atoms with Crippen molar-refractivity contribution >= 4 is 7.82 Å². The van der Waals surface area contributed by atoms with Gasteiger partial charge < -0.3 is 9.79 Å². The summed E-state index contributed by atoms with van der Waals surface area (Å²) < 4.78 is 14.0. The molecule has 0 aliphatic heterocycles. The fourth-order valence-electron chi connectivity index (χ4n) is 0.255. The highest BCUT2D eigenvalue weighted by Gasteiger charge is 2.11. The molecular weight excluding hydrogens is 143 g/mol. The van der Waals surface area contributed by atoms with Crippen LogP contribution in [0.15, 0.2) is 12.7 Å². The lowest BCUT2D eigenvalue weighted by atomic mass is 10.5. The topological polar surface area (TPSA) is 66.8 Å². The molecule has 0 bridgehead atoms. The Balaban J connectivity index is 3.28. The average Bonchev–Trinajstić information content (AvgIpc) is 1.63. The van der Waals surface area contributed by atoms with Gasteiger partial charge in [0, 0.05) is 0 Å². The van der Waals surface area contributed by atoms with E-state index in [1.807, 2.05) is 0 Å². The Bertz CT molecular complexity index is 127. The average molecular weight is 152 g/mol. The van der Waals surface area contributed by atoms with Crippen LogP contribution in [0, 0.1) is 0 Å². The van der Waals surface area contributed by atoms with E-state index in [0.29, 0.717) is 6.42 Å². The highest BCUT2D eigenvalue weighted by atomic mass is 31.2. The summed E-state index contributed by atoms with van der Waals surface area (Å²) in [5.41, 5.74) is 0. The zero-order valence-corrected chi connectivity index (χ0v) is 5.75. The lowest BCUT2D eigenvalue weighted by Crippen LogP contribution is -1.89. The Morgan fingerprint density at radius 2 is 2.22 bits per heavy atom. The van der Waals surface area contributed by atoms with Gasteiger partial charge in [0.05, 0.1) is 6.61 Å². The van der Waals surface area contributed by atoms with Crippen LogP contribution in [0.5, 0.6) is 0 Å². The third-order valence-electron chi connectivity index (χ3n) is 0.581. The molecule has 0 aliphatic rings. The zero-order chi connectivity index (χ0) is 7.33. The predicted octanol–water partition coefficient (Wildman–Crippen LogP) is 0.672. The summed E-state index contributed by atoms with van der Waals surface area (Å²) in [5, 5.41) is 0. The molecule has 0 unspecified atom stereocenters. The Labute approximate surface area is 53.4 Å². The van der Waals surface area contributed by atoms with Crippen LogP contribution < -0.4 is 0 Å². The van der Waals surface area contributed by atoms with E-state index in [4.69, 9.17) is 9.79 Å². The Kier molecular flexibility index (Phi) is 3.73. The molecule has 0 saturated carbocycles. The van der Waals surface area contributed by atoms with Gasteiger partial charge in [0.1, 0.15) is 0 Å². The van der Waals surface area contributed by atoms with Crippen LogP contribution in [0.4, 0.5) is 0 Å². The lowest BCUT2D eigenvalue weighted by Gasteiger charge is -2.01. The first-order valence-electron chi connectivity index (χ1n) is 2.37. The first-order chi connectivity index (χ1) is 4.06. The van der Waals surface area contributed by atoms with E-state index in [1.54, 1.807) is 0 Å². The van der Waals surface area contributed by atoms with Crippen LogP contribution in [-0.2, 0) is 9.09 Å². The first kappa shape index (κ1) is 8.85. The van der Waals surface area contributed by atoms with E-state index in [9.17, 15) is 4.57 Å². The molecule has 0 aliphatic carbocycles. The molecule has 0 amide bonds. The molecule has 9 heavy (non-hydrogen) atoms. The third-order valence-corrected chi connectivity index (χ3v) is 1.10. The van der Waals surface area contributed by atoms with Crippen molar-refractivity contribution in [3.8, 4) is 0 Å². The summed E-state index contributed by atoms with van der Waals surface area (Å²) in [6.45, 7) is 3.37. The van der Waals surface area contributed by atoms with Crippen LogP contribution in [0.1, 0.15) is 6.42 Å². The molecule has 4 nitrogen and oxygen atoms in total. The summed E-state index contributed by atoms with van der Waals surface area (Å²) in [6, 6.07) is 0. The second kappa shape index (κ2) is 3.80. The first-order valence-corrected chi connectivity index (χ1v) is 3.90. The van der Waals surface area contributed by atoms with Crippen LogP contribution in [0.2, 0.25) is 0 Å². The maximum atomic E-state index is 9.94. The molecule has 0 fully saturated rings. The summed E-state index contributed by atoms with van der Waals surface area (Å²) in [6.07, 6.45) is 1.97. The van der Waals surface area contributed by atoms with Crippen molar-refractivity contribution in [1.29, 1.82) is 0 Å². The molecule has 0 spiro atoms. The Morgan fingerprint density at radius 3 is 2.56 bits per heavy atom. The van der Waals surface area contributed by atoms with E-state index in [1.165, 1.54) is 6.08 Å². The molecule has 2 N–H and O–H groups in total. The van der Waals surface area contributed by atoms with Gasteiger partial charge in [-0.25, -0.2) is 4.57 Å². The van der Waals surface area contributed by atoms with Crippen molar-refractivity contribution in [2.45, 2.75) is 6.42 Å². The largest absolute Gasteiger partial charge is 0.469 e. The molecular formula is C4H9O4P. The van der Waals surface area contributed by atoms with Gasteiger partial charge in [0.2, 0.25) is 0 Å². The van der Waals surface area contributed by atoms with E-state index in [2.05, 4.69) is 11.1 Å². The number of phosphoric ester groups is 1. The maximum Gasteiger partial charge on any atom is 0.469 e. The molecule has 0 atom stereocenters. The second-order valence-corrected chi connectivity index (χ2v) is 2.64. The van der Waals surface area contributed by atoms with Gasteiger partial charge in [0.15, 0.2) is 0 Å². The van der Waals surface area contributed by atoms with Gasteiger partial charge in [-0.2, -0.15) is 0 Å². The van der Waals surface area contributed by atoms with Crippen molar-refractivity contribution in [2.24, 2.45) is 0 Å². The standard InChI is InChI=1S/C4H9O4P/c1-2-3-4-8-9(5,6)7/h2H,1,3-4H2,(H2,5,6,7). The van der Waals surface area contributed by atoms with Crippen LogP contribution in [0.25, 0.3) is 0 Å². The number of hydrogen-bond acceptors (Lipinski definition) is 2. The summed E-state index contributed by atoms with van der Waals surface area (Å²) in [4.78, 5) is 16.2. The highest BCUT2D eigenvalue weighted by molar-refractivity contribution is 7.46. The van der Waals surface area contributed by atoms with Crippen molar-refractivity contribution in [2.75, 3.05) is 6.61 Å². The van der Waals surface area contributed by atoms with Gasteiger partial charge in [0.25, 0.3) is 0 Å². The molecule has 0 rings (SSSR count). The van der Waals surface area contributed by atoms with Crippen molar-refractivity contribution < 1.29 is 18.9 Å². The number of rotatable bonds is 4. The molecule has 0 saturated heterocycles. The van der Waals surface area contributed by atoms with Crippen LogP contribution in [0.3, 0.4) is 0 Å². The number of phosphoric acid groups is 1. The fraction of sp³-hybridized carbons (Fsp3) is 0.500. The quantitative estimate of drug-likeness (QED) is 0.353. The van der Waals surface area contributed by atoms with Crippen molar-refractivity contribution in [1.82, 2.24) is 0 Å². The maximum absolute atomic E-state index is 9.94. The predicted molar refractivity (Wildman–Crippen MR) is 32.8 cm³/mol. The second-order valence-electron chi connectivity index (χ2n) is 1.40. The molecule has 0 radical (unpaired) electrons. The molecule has 54 valence electrons. The van der Waals surface area contributed by atoms with E-state index in [0.717, 1.165) is 0 Å². The lowest BCUT2D eigenvalue weighted by molar-refractivity contribution is 0.200. The van der Waals surface area contributed by atoms with E-state index < -0.39 is 7.82 Å². The van der Waals surface area contributed by atoms with E-state index in [-0.39, 0.29) is 6.61 Å². The summed E-state index contributed by atoms with van der Waals surface area (Å²) in [5.74, 6) is 0. The van der Waals surface area contributed by atoms with Gasteiger partial charge in [-0.1, -0.05) is 6.08 Å². The van der Waals surface area contributed by atoms with Crippen molar-refractivity contribution in [3.63, 3.8) is 0 Å². The molecule has 0 heterocycles. The zero-order valence-electron chi connectivity index (χ0n) is 4.86. The minimum atomic E-state index is -4.24. The molecule has 0 aromatic carbocycles. The van der Waals surface area contributed by atoms with E-state index >= 15 is 0 Å². The van der Waals surface area contributed by atoms with Gasteiger partial charge in [-0.15, -0.1) is 6.58 Å². The monoisotopic (exact) mass is 152 g/mol. The fourth-order valence-corrected chi connectivity index (χ4v) is 0.598. The van der Waals surface area contributed by atoms with Crippen molar-refractivity contribution in [3.05, 3.63) is 12.7 Å². The smallest absolute Gasteiger partial charge is 0.303 e. The third kappa shape index (κ3) is 7.85. The SMILES string of the molecule is C=CCCOP(=O)(O)O. The minimum Gasteiger partial charge on any atom is -0.303 e. The minimum absolute atomic E-state index is 0.0216. The molecule has 0 aromatic heterocycles. The Hall–Kier alpha value is -0.150. The van der Waals surface area contributed by atoms with Gasteiger partial charge in [-0.05, 0) is 6.42 Å². The van der Waals surface area contributed by atoms with Gasteiger partial charge in [-0.3, -0.25) is 4.52 Å². The normalized spacial score (nSPS) is 11.3. The highest BCUT2D eigenvalue weighted by Crippen LogP contribution is 2.35. The van der Waals surface area contributed by atoms with Gasteiger partial charge >= 0.3 is 7.82 Å². The van der Waals surface area contributed by atoms with Crippen LogP contribution in [-0.4, -0.2) is 16.4 Å². The summed E-state index contributed by atoms with van der Waals surface area (Å²) in [7, 11) is -4.24. The Morgan fingerprint density at radius 1 is 1.67 bits per heavy atom.